The molecule has 2 atom stereocenters. The third-order valence-electron chi connectivity index (χ3n) is 2.48. The molecule has 74 valence electrons. The van der Waals surface area contributed by atoms with Gasteiger partial charge in [-0.2, -0.15) is 5.26 Å². The van der Waals surface area contributed by atoms with Crippen molar-refractivity contribution in [3.05, 3.63) is 0 Å². The summed E-state index contributed by atoms with van der Waals surface area (Å²) in [6.07, 6.45) is 1.07. The minimum absolute atomic E-state index is 0.160. The molecule has 0 aliphatic rings. The monoisotopic (exact) mass is 183 g/mol. The third kappa shape index (κ3) is 4.30. The topological polar surface area (TPSA) is 64.2 Å². The Morgan fingerprint density at radius 1 is 1.38 bits per heavy atom. The Morgan fingerprint density at radius 3 is 2.15 bits per heavy atom. The quantitative estimate of drug-likeness (QED) is 0.631. The minimum atomic E-state index is -1.36. The fourth-order valence-electron chi connectivity index (χ4n) is 1.77. The SMILES string of the molecule is CCC(C(C)C)C(C#N)CB(O)O. The number of hydrogen-bond acceptors (Lipinski definition) is 3. The summed E-state index contributed by atoms with van der Waals surface area (Å²) < 4.78 is 0. The predicted molar refractivity (Wildman–Crippen MR) is 52.7 cm³/mol. The highest BCUT2D eigenvalue weighted by atomic mass is 16.4. The van der Waals surface area contributed by atoms with Crippen LogP contribution in [0.2, 0.25) is 6.32 Å². The zero-order valence-corrected chi connectivity index (χ0v) is 8.57. The van der Waals surface area contributed by atoms with Crippen LogP contribution in [-0.2, 0) is 0 Å². The van der Waals surface area contributed by atoms with Gasteiger partial charge in [0.25, 0.3) is 0 Å². The minimum Gasteiger partial charge on any atom is -0.427 e. The molecule has 3 nitrogen and oxygen atoms in total. The summed E-state index contributed by atoms with van der Waals surface area (Å²) in [5, 5.41) is 26.4. The standard InChI is InChI=1S/C9H18BNO2/c1-4-9(7(2)3)8(6-11)5-10(12)13/h7-9,12-13H,4-5H2,1-3H3. The van der Waals surface area contributed by atoms with Crippen molar-refractivity contribution in [3.63, 3.8) is 0 Å². The van der Waals surface area contributed by atoms with E-state index in [0.717, 1.165) is 6.42 Å². The van der Waals surface area contributed by atoms with Gasteiger partial charge in [-0.1, -0.05) is 27.2 Å². The maximum atomic E-state index is 8.85. The zero-order valence-electron chi connectivity index (χ0n) is 8.57. The maximum Gasteiger partial charge on any atom is 0.452 e. The molecule has 0 spiro atoms. The molecule has 2 N–H and O–H groups in total. The molecule has 0 heterocycles. The van der Waals surface area contributed by atoms with Gasteiger partial charge < -0.3 is 10.0 Å². The first-order valence-corrected chi connectivity index (χ1v) is 4.78. The molecule has 13 heavy (non-hydrogen) atoms. The van der Waals surface area contributed by atoms with Gasteiger partial charge in [-0.3, -0.25) is 0 Å². The molecule has 4 heteroatoms. The Balaban J connectivity index is 4.28. The molecule has 0 bridgehead atoms. The van der Waals surface area contributed by atoms with Crippen molar-refractivity contribution in [2.24, 2.45) is 17.8 Å². The third-order valence-corrected chi connectivity index (χ3v) is 2.48. The summed E-state index contributed by atoms with van der Waals surface area (Å²) in [6, 6.07) is 2.15. The zero-order chi connectivity index (χ0) is 10.4. The molecule has 0 fully saturated rings. The molecular weight excluding hydrogens is 165 g/mol. The van der Waals surface area contributed by atoms with Crippen molar-refractivity contribution < 1.29 is 10.0 Å². The Labute approximate surface area is 80.5 Å². The highest BCUT2D eigenvalue weighted by Gasteiger charge is 2.26. The summed E-state index contributed by atoms with van der Waals surface area (Å²) in [6.45, 7) is 6.14. The molecule has 0 aromatic rings. The maximum absolute atomic E-state index is 8.85. The lowest BCUT2D eigenvalue weighted by Crippen LogP contribution is -2.24. The van der Waals surface area contributed by atoms with Crippen LogP contribution in [0.3, 0.4) is 0 Å². The van der Waals surface area contributed by atoms with Crippen LogP contribution in [0, 0.1) is 29.1 Å². The predicted octanol–water partition coefficient (Wildman–Crippen LogP) is 1.28. The molecule has 0 rings (SSSR count). The summed E-state index contributed by atoms with van der Waals surface area (Å²) in [4.78, 5) is 0. The van der Waals surface area contributed by atoms with Crippen LogP contribution in [0.25, 0.3) is 0 Å². The van der Waals surface area contributed by atoms with Crippen LogP contribution in [0.15, 0.2) is 0 Å². The molecule has 0 aromatic heterocycles. The van der Waals surface area contributed by atoms with Gasteiger partial charge in [0.2, 0.25) is 0 Å². The molecule has 0 aromatic carbocycles. The van der Waals surface area contributed by atoms with Crippen molar-refractivity contribution in [2.75, 3.05) is 0 Å². The van der Waals surface area contributed by atoms with Gasteiger partial charge in [0.15, 0.2) is 0 Å². The van der Waals surface area contributed by atoms with Gasteiger partial charge in [-0.25, -0.2) is 0 Å². The van der Waals surface area contributed by atoms with Gasteiger partial charge in [-0.05, 0) is 18.2 Å². The van der Waals surface area contributed by atoms with Crippen molar-refractivity contribution >= 4 is 7.12 Å². The lowest BCUT2D eigenvalue weighted by molar-refractivity contribution is 0.291. The van der Waals surface area contributed by atoms with Crippen LogP contribution in [-0.4, -0.2) is 17.2 Å². The summed E-state index contributed by atoms with van der Waals surface area (Å²) in [5.74, 6) is 0.421. The average molecular weight is 183 g/mol. The van der Waals surface area contributed by atoms with Crippen molar-refractivity contribution in [2.45, 2.75) is 33.5 Å². The van der Waals surface area contributed by atoms with E-state index >= 15 is 0 Å². The van der Waals surface area contributed by atoms with Gasteiger partial charge in [0.1, 0.15) is 0 Å². The van der Waals surface area contributed by atoms with Crippen molar-refractivity contribution in [3.8, 4) is 6.07 Å². The highest BCUT2D eigenvalue weighted by Crippen LogP contribution is 2.27. The average Bonchev–Trinajstić information content (AvgIpc) is 2.02. The number of hydrogen-bond donors (Lipinski definition) is 2. The van der Waals surface area contributed by atoms with E-state index < -0.39 is 7.12 Å². The van der Waals surface area contributed by atoms with E-state index in [4.69, 9.17) is 15.3 Å². The second-order valence-corrected chi connectivity index (χ2v) is 3.77. The second kappa shape index (κ2) is 6.01. The molecule has 2 unspecified atom stereocenters. The molecule has 0 saturated heterocycles. The second-order valence-electron chi connectivity index (χ2n) is 3.77. The molecule has 0 radical (unpaired) electrons. The lowest BCUT2D eigenvalue weighted by Gasteiger charge is -2.23. The highest BCUT2D eigenvalue weighted by molar-refractivity contribution is 6.41. The van der Waals surface area contributed by atoms with E-state index in [-0.39, 0.29) is 18.2 Å². The lowest BCUT2D eigenvalue weighted by atomic mass is 9.70. The first-order chi connectivity index (χ1) is 6.02. The van der Waals surface area contributed by atoms with Crippen LogP contribution >= 0.6 is 0 Å². The molecule has 0 aliphatic carbocycles. The molecule has 0 amide bonds. The first-order valence-electron chi connectivity index (χ1n) is 4.78. The van der Waals surface area contributed by atoms with Gasteiger partial charge in [-0.15, -0.1) is 0 Å². The van der Waals surface area contributed by atoms with Crippen LogP contribution in [0.4, 0.5) is 0 Å². The largest absolute Gasteiger partial charge is 0.452 e. The van der Waals surface area contributed by atoms with Crippen LogP contribution in [0.5, 0.6) is 0 Å². The van der Waals surface area contributed by atoms with Gasteiger partial charge in [0, 0.05) is 5.92 Å². The molecule has 0 saturated carbocycles. The Morgan fingerprint density at radius 2 is 1.92 bits per heavy atom. The van der Waals surface area contributed by atoms with E-state index in [2.05, 4.69) is 19.9 Å². The Bertz CT molecular complexity index is 177. The van der Waals surface area contributed by atoms with Crippen LogP contribution < -0.4 is 0 Å². The van der Waals surface area contributed by atoms with Crippen molar-refractivity contribution in [1.29, 1.82) is 5.26 Å². The smallest absolute Gasteiger partial charge is 0.427 e. The fraction of sp³-hybridized carbons (Fsp3) is 0.889. The van der Waals surface area contributed by atoms with Crippen molar-refractivity contribution in [1.82, 2.24) is 0 Å². The van der Waals surface area contributed by atoms with Crippen LogP contribution in [0.1, 0.15) is 27.2 Å². The van der Waals surface area contributed by atoms with E-state index in [0.29, 0.717) is 5.92 Å². The van der Waals surface area contributed by atoms with Gasteiger partial charge in [0.05, 0.1) is 6.07 Å². The number of nitrogens with zero attached hydrogens (tertiary/aromatic N) is 1. The van der Waals surface area contributed by atoms with Gasteiger partial charge >= 0.3 is 7.12 Å². The summed E-state index contributed by atoms with van der Waals surface area (Å²) >= 11 is 0. The van der Waals surface area contributed by atoms with E-state index in [1.165, 1.54) is 0 Å². The summed E-state index contributed by atoms with van der Waals surface area (Å²) in [7, 11) is -1.36. The van der Waals surface area contributed by atoms with E-state index in [1.807, 2.05) is 6.92 Å². The molecular formula is C9H18BNO2. The Hall–Kier alpha value is -0.525. The number of rotatable bonds is 5. The fourth-order valence-corrected chi connectivity index (χ4v) is 1.77. The van der Waals surface area contributed by atoms with E-state index in [1.54, 1.807) is 0 Å². The first kappa shape index (κ1) is 12.5. The summed E-state index contributed by atoms with van der Waals surface area (Å²) in [5.41, 5.74) is 0. The molecule has 0 aliphatic heterocycles. The number of nitriles is 1. The normalized spacial score (nSPS) is 15.2. The Kier molecular flexibility index (Phi) is 5.77. The van der Waals surface area contributed by atoms with E-state index in [9.17, 15) is 0 Å².